The van der Waals surface area contributed by atoms with Gasteiger partial charge in [-0.25, -0.2) is 4.98 Å². The van der Waals surface area contributed by atoms with Crippen molar-refractivity contribution < 1.29 is 19.1 Å². The lowest BCUT2D eigenvalue weighted by molar-refractivity contribution is -0.122. The highest BCUT2D eigenvalue weighted by atomic mass is 32.1. The normalized spacial score (nSPS) is 15.6. The van der Waals surface area contributed by atoms with Crippen LogP contribution in [-0.2, 0) is 11.8 Å². The molecular formula is C35H39N7O4S. The summed E-state index contributed by atoms with van der Waals surface area (Å²) in [7, 11) is 7.09. The fourth-order valence-electron chi connectivity index (χ4n) is 6.29. The van der Waals surface area contributed by atoms with Gasteiger partial charge in [-0.05, 0) is 68.7 Å². The van der Waals surface area contributed by atoms with Crippen molar-refractivity contribution in [2.75, 3.05) is 45.3 Å². The molecule has 1 fully saturated rings. The molecule has 1 aliphatic rings. The predicted molar refractivity (Wildman–Crippen MR) is 187 cm³/mol. The lowest BCUT2D eigenvalue weighted by atomic mass is 9.94. The number of benzene rings is 2. The number of hydrogen-bond donors (Lipinski definition) is 4. The van der Waals surface area contributed by atoms with Crippen LogP contribution in [0.1, 0.15) is 40.1 Å². The molecule has 0 bridgehead atoms. The topological polar surface area (TPSA) is 144 Å². The molecule has 12 heteroatoms. The Kier molecular flexibility index (Phi) is 9.26. The number of ether oxygens (including phenoxy) is 1. The number of amides is 2. The van der Waals surface area contributed by atoms with E-state index in [1.54, 1.807) is 13.2 Å². The first kappa shape index (κ1) is 32.2. The molecule has 2 aromatic carbocycles. The van der Waals surface area contributed by atoms with E-state index in [-0.39, 0.29) is 36.0 Å². The number of aryl methyl sites for hydroxylation is 1. The minimum atomic E-state index is -0.668. The van der Waals surface area contributed by atoms with Gasteiger partial charge in [0.1, 0.15) is 23.3 Å². The Hall–Kier alpha value is -4.78. The number of para-hydroxylation sites is 1. The molecule has 5 aromatic rings. The van der Waals surface area contributed by atoms with Crippen LogP contribution in [0.3, 0.4) is 0 Å². The molecule has 0 aliphatic carbocycles. The highest BCUT2D eigenvalue weighted by Gasteiger charge is 2.32. The molecule has 0 radical (unpaired) electrons. The van der Waals surface area contributed by atoms with Crippen molar-refractivity contribution in [3.8, 4) is 16.9 Å². The summed E-state index contributed by atoms with van der Waals surface area (Å²) in [5.74, 6) is 0.0784. The molecule has 0 spiro atoms. The monoisotopic (exact) mass is 653 g/mol. The summed E-state index contributed by atoms with van der Waals surface area (Å²) in [6, 6.07) is 14.4. The number of carbonyl (C=O) groups is 3. The van der Waals surface area contributed by atoms with Gasteiger partial charge in [-0.15, -0.1) is 11.3 Å². The number of aromatic nitrogens is 2. The van der Waals surface area contributed by atoms with Crippen molar-refractivity contribution in [3.05, 3.63) is 71.4 Å². The number of thiophene rings is 1. The van der Waals surface area contributed by atoms with Crippen LogP contribution in [0, 0.1) is 0 Å². The summed E-state index contributed by atoms with van der Waals surface area (Å²) in [6.07, 6.45) is 4.32. The van der Waals surface area contributed by atoms with Crippen molar-refractivity contribution >= 4 is 61.4 Å². The molecule has 5 N–H and O–H groups in total. The van der Waals surface area contributed by atoms with Crippen LogP contribution in [0.25, 0.3) is 32.1 Å². The summed E-state index contributed by atoms with van der Waals surface area (Å²) < 4.78 is 8.23. The largest absolute Gasteiger partial charge is 0.495 e. The predicted octanol–water partition coefficient (Wildman–Crippen LogP) is 4.67. The zero-order valence-electron chi connectivity index (χ0n) is 26.9. The molecular weight excluding hydrogens is 614 g/mol. The minimum Gasteiger partial charge on any atom is -0.495 e. The summed E-state index contributed by atoms with van der Waals surface area (Å²) in [6.45, 7) is 1.03. The highest BCUT2D eigenvalue weighted by molar-refractivity contribution is 7.18. The maximum atomic E-state index is 13.8. The zero-order valence-corrected chi connectivity index (χ0v) is 27.7. The van der Waals surface area contributed by atoms with E-state index in [4.69, 9.17) is 10.5 Å². The summed E-state index contributed by atoms with van der Waals surface area (Å²) in [5.41, 5.74) is 10.3. The summed E-state index contributed by atoms with van der Waals surface area (Å²) >= 11 is 1.39. The van der Waals surface area contributed by atoms with E-state index in [1.165, 1.54) is 17.5 Å². The van der Waals surface area contributed by atoms with Gasteiger partial charge < -0.3 is 35.9 Å². The number of nitrogens with two attached hydrogens (primary N) is 1. The van der Waals surface area contributed by atoms with Gasteiger partial charge in [0.2, 0.25) is 0 Å². The van der Waals surface area contributed by atoms with Crippen molar-refractivity contribution in [2.24, 2.45) is 7.05 Å². The van der Waals surface area contributed by atoms with Crippen molar-refractivity contribution in [1.82, 2.24) is 25.1 Å². The van der Waals surface area contributed by atoms with Crippen LogP contribution >= 0.6 is 11.3 Å². The Labute approximate surface area is 277 Å². The fraction of sp³-hybridized carbons (Fsp3) is 0.314. The van der Waals surface area contributed by atoms with Gasteiger partial charge >= 0.3 is 0 Å². The van der Waals surface area contributed by atoms with Crippen molar-refractivity contribution in [2.45, 2.75) is 31.3 Å². The lowest BCUT2D eigenvalue weighted by Crippen LogP contribution is -2.57. The second-order valence-electron chi connectivity index (χ2n) is 12.1. The molecule has 1 saturated heterocycles. The second kappa shape index (κ2) is 13.5. The van der Waals surface area contributed by atoms with Gasteiger partial charge in [0.15, 0.2) is 5.78 Å². The molecule has 4 heterocycles. The number of nitrogen functional groups attached to an aromatic ring is 1. The van der Waals surface area contributed by atoms with Crippen LogP contribution < -0.4 is 26.4 Å². The average molecular weight is 654 g/mol. The molecule has 6 rings (SSSR count). The van der Waals surface area contributed by atoms with Gasteiger partial charge in [-0.3, -0.25) is 14.4 Å². The molecule has 3 aromatic heterocycles. The maximum Gasteiger partial charge on any atom is 0.272 e. The molecule has 2 atom stereocenters. The van der Waals surface area contributed by atoms with Crippen LogP contribution in [0.5, 0.6) is 5.75 Å². The standard InChI is InChI=1S/C35H39N7O4S/c1-41(2)18-28(43)31(25-10-7-8-14-37-25)40-34(44)22-17-38-33(36)30-23(19-47-32(22)30)20-12-13-24(29(16-20)46-4)39-35(45)27-15-21-9-5-6-11-26(21)42(27)3/h5-6,9,11-13,15-17,19,25,31,37H,7-8,10,14,18H2,1-4H3,(H2,36,38)(H,39,45)(H,40,44). The van der Waals surface area contributed by atoms with E-state index in [0.29, 0.717) is 32.8 Å². The SMILES string of the molecule is COc1cc(-c2csc3c(C(=O)NC(C(=O)CN(C)C)C4CCCCN4)cnc(N)c23)ccc1NC(=O)c1cc2ccccc2n1C. The number of rotatable bonds is 10. The molecule has 244 valence electrons. The van der Waals surface area contributed by atoms with Crippen LogP contribution in [-0.4, -0.2) is 78.4 Å². The van der Waals surface area contributed by atoms with Crippen LogP contribution in [0.4, 0.5) is 11.5 Å². The first-order chi connectivity index (χ1) is 22.7. The summed E-state index contributed by atoms with van der Waals surface area (Å²) in [4.78, 5) is 46.5. The molecule has 2 amide bonds. The lowest BCUT2D eigenvalue weighted by Gasteiger charge is -2.31. The smallest absolute Gasteiger partial charge is 0.272 e. The first-order valence-electron chi connectivity index (χ1n) is 15.6. The maximum absolute atomic E-state index is 13.8. The number of nitrogens with one attached hydrogen (secondary N) is 3. The van der Waals surface area contributed by atoms with Crippen molar-refractivity contribution in [3.63, 3.8) is 0 Å². The third kappa shape index (κ3) is 6.44. The number of hydrogen-bond acceptors (Lipinski definition) is 9. The molecule has 2 unspecified atom stereocenters. The quantitative estimate of drug-likeness (QED) is 0.170. The number of carbonyl (C=O) groups excluding carboxylic acids is 3. The Morgan fingerprint density at radius 1 is 1.15 bits per heavy atom. The van der Waals surface area contributed by atoms with Gasteiger partial charge in [-0.1, -0.05) is 30.7 Å². The fourth-order valence-corrected chi connectivity index (χ4v) is 7.39. The van der Waals surface area contributed by atoms with Crippen LogP contribution in [0.2, 0.25) is 0 Å². The molecule has 0 saturated carbocycles. The number of Topliss-reactive ketones (excluding diaryl/α,β-unsaturated/α-hetero) is 1. The number of piperidine rings is 1. The van der Waals surface area contributed by atoms with Gasteiger partial charge in [-0.2, -0.15) is 0 Å². The first-order valence-corrected chi connectivity index (χ1v) is 16.5. The van der Waals surface area contributed by atoms with E-state index in [0.717, 1.165) is 47.8 Å². The van der Waals surface area contributed by atoms with E-state index < -0.39 is 6.04 Å². The zero-order chi connectivity index (χ0) is 33.2. The third-order valence-corrected chi connectivity index (χ3v) is 9.68. The second-order valence-corrected chi connectivity index (χ2v) is 13.0. The Morgan fingerprint density at radius 3 is 2.68 bits per heavy atom. The summed E-state index contributed by atoms with van der Waals surface area (Å²) in [5, 5.41) is 13.0. The van der Waals surface area contributed by atoms with Gasteiger partial charge in [0, 0.05) is 41.1 Å². The van der Waals surface area contributed by atoms with Gasteiger partial charge in [0.05, 0.1) is 29.6 Å². The number of pyridine rings is 1. The number of anilines is 2. The minimum absolute atomic E-state index is 0.0473. The van der Waals surface area contributed by atoms with E-state index >= 15 is 0 Å². The van der Waals surface area contributed by atoms with Crippen LogP contribution in [0.15, 0.2) is 60.1 Å². The van der Waals surface area contributed by atoms with E-state index in [2.05, 4.69) is 20.9 Å². The Morgan fingerprint density at radius 2 is 1.96 bits per heavy atom. The molecule has 47 heavy (non-hydrogen) atoms. The number of fused-ring (bicyclic) bond motifs is 2. The molecule has 11 nitrogen and oxygen atoms in total. The van der Waals surface area contributed by atoms with Gasteiger partial charge in [0.25, 0.3) is 11.8 Å². The van der Waals surface area contributed by atoms with E-state index in [9.17, 15) is 14.4 Å². The molecule has 1 aliphatic heterocycles. The number of likely N-dealkylation sites (N-methyl/N-ethyl adjacent to an activating group) is 1. The number of ketones is 1. The van der Waals surface area contributed by atoms with E-state index in [1.807, 2.05) is 78.5 Å². The number of methoxy groups -OCH3 is 1. The average Bonchev–Trinajstić information content (AvgIpc) is 3.66. The third-order valence-electron chi connectivity index (χ3n) is 8.67. The Bertz CT molecular complexity index is 1980. The highest BCUT2D eigenvalue weighted by Crippen LogP contribution is 2.41. The Balaban J connectivity index is 1.28. The van der Waals surface area contributed by atoms with Crippen molar-refractivity contribution in [1.29, 1.82) is 0 Å². The number of nitrogens with zero attached hydrogens (tertiary/aromatic N) is 3.